The van der Waals surface area contributed by atoms with Crippen molar-refractivity contribution in [3.8, 4) is 0 Å². The second-order valence-corrected chi connectivity index (χ2v) is 7.59. The second-order valence-electron chi connectivity index (χ2n) is 5.36. The Hall–Kier alpha value is -0.880. The summed E-state index contributed by atoms with van der Waals surface area (Å²) in [6.45, 7) is 0.719. The number of imidazole rings is 1. The van der Waals surface area contributed by atoms with Crippen molar-refractivity contribution in [3.05, 3.63) is 18.2 Å². The number of hydrogen-bond acceptors (Lipinski definition) is 4. The van der Waals surface area contributed by atoms with Crippen molar-refractivity contribution in [2.24, 2.45) is 0 Å². The number of sulfone groups is 1. The van der Waals surface area contributed by atoms with Crippen molar-refractivity contribution in [1.82, 2.24) is 14.9 Å². The van der Waals surface area contributed by atoms with Crippen LogP contribution in [0.4, 0.5) is 0 Å². The molecule has 2 heterocycles. The standard InChI is InChI=1S/C12H19N3O2S/c16-18(17)5-1-2-10(8-18)14-7-12-6-13-9-15(12)11-3-4-11/h6,9-11,14H,1-5,7-8H2. The highest BCUT2D eigenvalue weighted by Crippen LogP contribution is 2.35. The van der Waals surface area contributed by atoms with Crippen LogP contribution in [0.25, 0.3) is 0 Å². The van der Waals surface area contributed by atoms with E-state index in [-0.39, 0.29) is 11.8 Å². The van der Waals surface area contributed by atoms with Crippen molar-refractivity contribution in [2.75, 3.05) is 11.5 Å². The molecule has 0 bridgehead atoms. The molecule has 1 unspecified atom stereocenters. The number of nitrogens with zero attached hydrogens (tertiary/aromatic N) is 2. The van der Waals surface area contributed by atoms with Gasteiger partial charge < -0.3 is 9.88 Å². The second kappa shape index (κ2) is 4.66. The van der Waals surface area contributed by atoms with E-state index in [0.29, 0.717) is 11.8 Å². The van der Waals surface area contributed by atoms with Gasteiger partial charge in [0.25, 0.3) is 0 Å². The van der Waals surface area contributed by atoms with Gasteiger partial charge in [0.05, 0.1) is 23.5 Å². The van der Waals surface area contributed by atoms with Crippen molar-refractivity contribution in [3.63, 3.8) is 0 Å². The van der Waals surface area contributed by atoms with Gasteiger partial charge in [-0.15, -0.1) is 0 Å². The number of rotatable bonds is 4. The Kier molecular flexibility index (Phi) is 3.15. The summed E-state index contributed by atoms with van der Waals surface area (Å²) in [5.74, 6) is 0.635. The lowest BCUT2D eigenvalue weighted by Gasteiger charge is -2.23. The molecule has 1 saturated carbocycles. The molecule has 1 aromatic rings. The van der Waals surface area contributed by atoms with E-state index in [2.05, 4.69) is 14.9 Å². The van der Waals surface area contributed by atoms with E-state index in [9.17, 15) is 8.42 Å². The Labute approximate surface area is 108 Å². The van der Waals surface area contributed by atoms with Gasteiger partial charge in [0, 0.05) is 24.8 Å². The summed E-state index contributed by atoms with van der Waals surface area (Å²) in [6, 6.07) is 0.727. The Morgan fingerprint density at radius 3 is 2.94 bits per heavy atom. The quantitative estimate of drug-likeness (QED) is 0.881. The average molecular weight is 269 g/mol. The van der Waals surface area contributed by atoms with Crippen LogP contribution in [0.3, 0.4) is 0 Å². The highest BCUT2D eigenvalue weighted by molar-refractivity contribution is 7.91. The molecule has 2 aliphatic rings. The van der Waals surface area contributed by atoms with E-state index in [1.54, 1.807) is 0 Å². The third-order valence-electron chi connectivity index (χ3n) is 3.72. The summed E-state index contributed by atoms with van der Waals surface area (Å²) in [5, 5.41) is 3.36. The van der Waals surface area contributed by atoms with Crippen LogP contribution >= 0.6 is 0 Å². The maximum Gasteiger partial charge on any atom is 0.151 e. The Morgan fingerprint density at radius 1 is 1.39 bits per heavy atom. The normalized spacial score (nSPS) is 27.2. The molecule has 6 heteroatoms. The van der Waals surface area contributed by atoms with Crippen LogP contribution < -0.4 is 5.32 Å². The van der Waals surface area contributed by atoms with Crippen LogP contribution in [-0.2, 0) is 16.4 Å². The summed E-state index contributed by atoms with van der Waals surface area (Å²) < 4.78 is 25.3. The molecule has 1 aromatic heterocycles. The van der Waals surface area contributed by atoms with E-state index >= 15 is 0 Å². The van der Waals surface area contributed by atoms with Crippen LogP contribution in [-0.4, -0.2) is 35.5 Å². The molecule has 18 heavy (non-hydrogen) atoms. The van der Waals surface area contributed by atoms with Crippen LogP contribution in [0.2, 0.25) is 0 Å². The highest BCUT2D eigenvalue weighted by atomic mass is 32.2. The average Bonchev–Trinajstić information content (AvgIpc) is 3.05. The third kappa shape index (κ3) is 2.75. The lowest BCUT2D eigenvalue weighted by Crippen LogP contribution is -2.40. The molecule has 1 saturated heterocycles. The van der Waals surface area contributed by atoms with Crippen molar-refractivity contribution < 1.29 is 8.42 Å². The van der Waals surface area contributed by atoms with Gasteiger partial charge in [0.15, 0.2) is 9.84 Å². The molecule has 1 atom stereocenters. The number of nitrogens with one attached hydrogen (secondary N) is 1. The highest BCUT2D eigenvalue weighted by Gasteiger charge is 2.27. The predicted molar refractivity (Wildman–Crippen MR) is 69.0 cm³/mol. The molecule has 3 rings (SSSR count). The summed E-state index contributed by atoms with van der Waals surface area (Å²) in [6.07, 6.45) is 7.97. The Balaban J connectivity index is 1.59. The lowest BCUT2D eigenvalue weighted by molar-refractivity contribution is 0.471. The van der Waals surface area contributed by atoms with E-state index < -0.39 is 9.84 Å². The molecule has 0 radical (unpaired) electrons. The third-order valence-corrected chi connectivity index (χ3v) is 5.54. The fourth-order valence-corrected chi connectivity index (χ4v) is 4.25. The molecular weight excluding hydrogens is 250 g/mol. The van der Waals surface area contributed by atoms with E-state index in [0.717, 1.165) is 19.4 Å². The van der Waals surface area contributed by atoms with E-state index in [1.165, 1.54) is 18.5 Å². The van der Waals surface area contributed by atoms with Crippen LogP contribution in [0, 0.1) is 0 Å². The van der Waals surface area contributed by atoms with Gasteiger partial charge in [-0.1, -0.05) is 0 Å². The zero-order valence-corrected chi connectivity index (χ0v) is 11.2. The van der Waals surface area contributed by atoms with Gasteiger partial charge in [0.1, 0.15) is 0 Å². The number of aromatic nitrogens is 2. The van der Waals surface area contributed by atoms with Gasteiger partial charge in [-0.3, -0.25) is 0 Å². The first-order valence-electron chi connectivity index (χ1n) is 6.58. The van der Waals surface area contributed by atoms with Crippen LogP contribution in [0.15, 0.2) is 12.5 Å². The first kappa shape index (κ1) is 12.2. The first-order valence-corrected chi connectivity index (χ1v) is 8.41. The molecule has 100 valence electrons. The molecule has 1 aliphatic carbocycles. The van der Waals surface area contributed by atoms with Crippen LogP contribution in [0.1, 0.15) is 37.4 Å². The Bertz CT molecular complexity index is 519. The first-order chi connectivity index (χ1) is 8.64. The zero-order valence-electron chi connectivity index (χ0n) is 10.4. The molecule has 0 aromatic carbocycles. The van der Waals surface area contributed by atoms with Gasteiger partial charge in [-0.05, 0) is 25.7 Å². The largest absolute Gasteiger partial charge is 0.330 e. The van der Waals surface area contributed by atoms with Crippen LogP contribution in [0.5, 0.6) is 0 Å². The Morgan fingerprint density at radius 2 is 2.22 bits per heavy atom. The minimum absolute atomic E-state index is 0.103. The van der Waals surface area contributed by atoms with Crippen molar-refractivity contribution in [2.45, 2.75) is 44.3 Å². The van der Waals surface area contributed by atoms with E-state index in [1.807, 2.05) is 12.5 Å². The fourth-order valence-electron chi connectivity index (χ4n) is 2.58. The molecule has 0 spiro atoms. The minimum atomic E-state index is -2.82. The summed E-state index contributed by atoms with van der Waals surface area (Å²) in [7, 11) is -2.82. The van der Waals surface area contributed by atoms with Gasteiger partial charge >= 0.3 is 0 Å². The lowest BCUT2D eigenvalue weighted by atomic mass is 10.2. The molecule has 2 fully saturated rings. The molecule has 1 N–H and O–H groups in total. The smallest absolute Gasteiger partial charge is 0.151 e. The maximum absolute atomic E-state index is 11.5. The molecule has 0 amide bonds. The SMILES string of the molecule is O=S1(=O)CCCC(NCc2cncn2C2CC2)C1. The van der Waals surface area contributed by atoms with E-state index in [4.69, 9.17) is 0 Å². The topological polar surface area (TPSA) is 64.0 Å². The van der Waals surface area contributed by atoms with Crippen molar-refractivity contribution >= 4 is 9.84 Å². The summed E-state index contributed by atoms with van der Waals surface area (Å²) in [4.78, 5) is 4.18. The fraction of sp³-hybridized carbons (Fsp3) is 0.750. The summed E-state index contributed by atoms with van der Waals surface area (Å²) >= 11 is 0. The minimum Gasteiger partial charge on any atom is -0.330 e. The monoisotopic (exact) mass is 269 g/mol. The number of hydrogen-bond donors (Lipinski definition) is 1. The summed E-state index contributed by atoms with van der Waals surface area (Å²) in [5.41, 5.74) is 1.17. The zero-order chi connectivity index (χ0) is 12.6. The maximum atomic E-state index is 11.5. The molecule has 1 aliphatic heterocycles. The van der Waals surface area contributed by atoms with Gasteiger partial charge in [-0.2, -0.15) is 0 Å². The molecular formula is C12H19N3O2S. The predicted octanol–water partition coefficient (Wildman–Crippen LogP) is 0.885. The van der Waals surface area contributed by atoms with Gasteiger partial charge in [0.2, 0.25) is 0 Å². The van der Waals surface area contributed by atoms with Crippen molar-refractivity contribution in [1.29, 1.82) is 0 Å². The van der Waals surface area contributed by atoms with Gasteiger partial charge in [-0.25, -0.2) is 13.4 Å². The molecule has 5 nitrogen and oxygen atoms in total.